The predicted octanol–water partition coefficient (Wildman–Crippen LogP) is 4.65. The van der Waals surface area contributed by atoms with E-state index in [1.165, 1.54) is 17.7 Å². The first-order valence-electron chi connectivity index (χ1n) is 7.42. The molecule has 0 saturated heterocycles. The third-order valence-corrected chi connectivity index (χ3v) is 3.76. The smallest absolute Gasteiger partial charge is 0.229 e. The molecule has 1 heterocycles. The quantitative estimate of drug-likeness (QED) is 0.732. The standard InChI is InChI=1S/C18H16ClFN4/c1-24(12-13-5-3-2-4-6-13)17-9-10-21-18(23-17)22-14-7-8-16(20)15(19)11-14/h2-11H,12H2,1H3,(H,21,22,23). The zero-order valence-corrected chi connectivity index (χ0v) is 13.8. The summed E-state index contributed by atoms with van der Waals surface area (Å²) in [6.07, 6.45) is 1.68. The molecule has 0 aliphatic rings. The van der Waals surface area contributed by atoms with Crippen molar-refractivity contribution in [2.24, 2.45) is 0 Å². The van der Waals surface area contributed by atoms with Gasteiger partial charge in [-0.1, -0.05) is 41.9 Å². The summed E-state index contributed by atoms with van der Waals surface area (Å²) in [4.78, 5) is 10.7. The maximum atomic E-state index is 13.2. The van der Waals surface area contributed by atoms with Crippen molar-refractivity contribution >= 4 is 29.1 Å². The molecule has 0 atom stereocenters. The largest absolute Gasteiger partial charge is 0.355 e. The van der Waals surface area contributed by atoms with Crippen LogP contribution in [0.15, 0.2) is 60.8 Å². The molecule has 0 fully saturated rings. The Kier molecular flexibility index (Phi) is 4.91. The molecular weight excluding hydrogens is 327 g/mol. The van der Waals surface area contributed by atoms with Gasteiger partial charge < -0.3 is 10.2 Å². The molecule has 0 amide bonds. The van der Waals surface area contributed by atoms with E-state index in [0.717, 1.165) is 12.4 Å². The van der Waals surface area contributed by atoms with Gasteiger partial charge in [0, 0.05) is 25.5 Å². The second-order valence-corrected chi connectivity index (χ2v) is 5.74. The van der Waals surface area contributed by atoms with E-state index in [2.05, 4.69) is 27.4 Å². The van der Waals surface area contributed by atoms with Gasteiger partial charge in [-0.25, -0.2) is 9.37 Å². The van der Waals surface area contributed by atoms with Crippen LogP contribution >= 0.6 is 11.6 Å². The van der Waals surface area contributed by atoms with Gasteiger partial charge in [0.2, 0.25) is 5.95 Å². The molecule has 3 aromatic rings. The minimum atomic E-state index is -0.459. The maximum Gasteiger partial charge on any atom is 0.229 e. The van der Waals surface area contributed by atoms with E-state index in [1.807, 2.05) is 36.2 Å². The van der Waals surface area contributed by atoms with Crippen LogP contribution in [0, 0.1) is 5.82 Å². The van der Waals surface area contributed by atoms with Crippen LogP contribution in [-0.2, 0) is 6.54 Å². The van der Waals surface area contributed by atoms with E-state index in [9.17, 15) is 4.39 Å². The van der Waals surface area contributed by atoms with Crippen molar-refractivity contribution in [3.05, 3.63) is 77.2 Å². The van der Waals surface area contributed by atoms with Gasteiger partial charge in [0.25, 0.3) is 0 Å². The van der Waals surface area contributed by atoms with Gasteiger partial charge in [-0.2, -0.15) is 4.98 Å². The molecule has 6 heteroatoms. The van der Waals surface area contributed by atoms with E-state index in [0.29, 0.717) is 11.6 Å². The Bertz CT molecular complexity index is 826. The SMILES string of the molecule is CN(Cc1ccccc1)c1ccnc(Nc2ccc(F)c(Cl)c2)n1. The molecule has 0 bridgehead atoms. The van der Waals surface area contributed by atoms with Crippen LogP contribution < -0.4 is 10.2 Å². The Morgan fingerprint density at radius 2 is 1.92 bits per heavy atom. The third kappa shape index (κ3) is 4.00. The second kappa shape index (κ2) is 7.27. The normalized spacial score (nSPS) is 10.5. The Morgan fingerprint density at radius 3 is 2.67 bits per heavy atom. The second-order valence-electron chi connectivity index (χ2n) is 5.33. The van der Waals surface area contributed by atoms with Crippen LogP contribution in [0.4, 0.5) is 21.8 Å². The summed E-state index contributed by atoms with van der Waals surface area (Å²) in [6, 6.07) is 16.4. The fourth-order valence-electron chi connectivity index (χ4n) is 2.26. The average Bonchev–Trinajstić information content (AvgIpc) is 2.59. The molecule has 3 rings (SSSR count). The van der Waals surface area contributed by atoms with Crippen molar-refractivity contribution in [3.8, 4) is 0 Å². The van der Waals surface area contributed by atoms with Crippen LogP contribution in [0.3, 0.4) is 0 Å². The monoisotopic (exact) mass is 342 g/mol. The fourth-order valence-corrected chi connectivity index (χ4v) is 2.44. The number of rotatable bonds is 5. The van der Waals surface area contributed by atoms with Crippen molar-refractivity contribution in [1.82, 2.24) is 9.97 Å². The Balaban J connectivity index is 1.74. The summed E-state index contributed by atoms with van der Waals surface area (Å²) in [5, 5.41) is 3.08. The number of benzene rings is 2. The number of nitrogens with one attached hydrogen (secondary N) is 1. The summed E-state index contributed by atoms with van der Waals surface area (Å²) < 4.78 is 13.2. The molecule has 1 aromatic heterocycles. The Labute approximate surface area is 144 Å². The van der Waals surface area contributed by atoms with Gasteiger partial charge in [-0.3, -0.25) is 0 Å². The summed E-state index contributed by atoms with van der Waals surface area (Å²) in [5.74, 6) is 0.749. The molecule has 4 nitrogen and oxygen atoms in total. The van der Waals surface area contributed by atoms with Gasteiger partial charge in [0.05, 0.1) is 5.02 Å². The average molecular weight is 343 g/mol. The summed E-state index contributed by atoms with van der Waals surface area (Å²) in [5.41, 5.74) is 1.82. The molecule has 0 unspecified atom stereocenters. The van der Waals surface area contributed by atoms with Crippen molar-refractivity contribution < 1.29 is 4.39 Å². The third-order valence-electron chi connectivity index (χ3n) is 3.47. The van der Waals surface area contributed by atoms with Crippen LogP contribution in [-0.4, -0.2) is 17.0 Å². The van der Waals surface area contributed by atoms with Gasteiger partial charge >= 0.3 is 0 Å². The van der Waals surface area contributed by atoms with Crippen LogP contribution in [0.2, 0.25) is 5.02 Å². The molecule has 122 valence electrons. The molecule has 0 aliphatic carbocycles. The number of hydrogen-bond donors (Lipinski definition) is 1. The highest BCUT2D eigenvalue weighted by Gasteiger charge is 2.07. The lowest BCUT2D eigenvalue weighted by molar-refractivity contribution is 0.628. The lowest BCUT2D eigenvalue weighted by atomic mass is 10.2. The molecule has 24 heavy (non-hydrogen) atoms. The Hall–Kier alpha value is -2.66. The number of anilines is 3. The minimum Gasteiger partial charge on any atom is -0.355 e. The zero-order chi connectivity index (χ0) is 16.9. The molecular formula is C18H16ClFN4. The lowest BCUT2D eigenvalue weighted by Crippen LogP contribution is -2.18. The molecule has 1 N–H and O–H groups in total. The zero-order valence-electron chi connectivity index (χ0n) is 13.1. The van der Waals surface area contributed by atoms with Crippen molar-refractivity contribution in [3.63, 3.8) is 0 Å². The summed E-state index contributed by atoms with van der Waals surface area (Å²) in [6.45, 7) is 0.736. The maximum absolute atomic E-state index is 13.2. The molecule has 0 radical (unpaired) electrons. The lowest BCUT2D eigenvalue weighted by Gasteiger charge is -2.18. The van der Waals surface area contributed by atoms with Crippen LogP contribution in [0.25, 0.3) is 0 Å². The first-order valence-corrected chi connectivity index (χ1v) is 7.80. The molecule has 2 aromatic carbocycles. The number of hydrogen-bond acceptors (Lipinski definition) is 4. The van der Waals surface area contributed by atoms with Gasteiger partial charge in [-0.15, -0.1) is 0 Å². The van der Waals surface area contributed by atoms with Gasteiger partial charge in [0.1, 0.15) is 11.6 Å². The highest BCUT2D eigenvalue weighted by Crippen LogP contribution is 2.22. The van der Waals surface area contributed by atoms with Gasteiger partial charge in [0.15, 0.2) is 0 Å². The van der Waals surface area contributed by atoms with Gasteiger partial charge in [-0.05, 0) is 29.8 Å². The number of nitrogens with zero attached hydrogens (tertiary/aromatic N) is 3. The van der Waals surface area contributed by atoms with Crippen molar-refractivity contribution in [1.29, 1.82) is 0 Å². The number of halogens is 2. The first kappa shape index (κ1) is 16.2. The van der Waals surface area contributed by atoms with E-state index >= 15 is 0 Å². The predicted molar refractivity (Wildman–Crippen MR) is 95.3 cm³/mol. The van der Waals surface area contributed by atoms with E-state index in [4.69, 9.17) is 11.6 Å². The van der Waals surface area contributed by atoms with E-state index in [1.54, 1.807) is 12.3 Å². The van der Waals surface area contributed by atoms with E-state index in [-0.39, 0.29) is 5.02 Å². The number of aromatic nitrogens is 2. The fraction of sp³-hybridized carbons (Fsp3) is 0.111. The highest BCUT2D eigenvalue weighted by atomic mass is 35.5. The highest BCUT2D eigenvalue weighted by molar-refractivity contribution is 6.31. The van der Waals surface area contributed by atoms with Crippen molar-refractivity contribution in [2.75, 3.05) is 17.3 Å². The van der Waals surface area contributed by atoms with E-state index < -0.39 is 5.82 Å². The molecule has 0 aliphatic heterocycles. The topological polar surface area (TPSA) is 41.1 Å². The summed E-state index contributed by atoms with van der Waals surface area (Å²) >= 11 is 5.79. The first-order chi connectivity index (χ1) is 11.6. The molecule has 0 spiro atoms. The van der Waals surface area contributed by atoms with Crippen LogP contribution in [0.1, 0.15) is 5.56 Å². The molecule has 0 saturated carbocycles. The minimum absolute atomic E-state index is 0.0531. The summed E-state index contributed by atoms with van der Waals surface area (Å²) in [7, 11) is 1.97. The van der Waals surface area contributed by atoms with Crippen molar-refractivity contribution in [2.45, 2.75) is 6.54 Å². The van der Waals surface area contributed by atoms with Crippen LogP contribution in [0.5, 0.6) is 0 Å². The Morgan fingerprint density at radius 1 is 1.12 bits per heavy atom.